The zero-order valence-electron chi connectivity index (χ0n) is 15.9. The van der Waals surface area contributed by atoms with E-state index in [1.165, 1.54) is 17.7 Å². The number of carbonyl (C=O) groups is 1. The van der Waals surface area contributed by atoms with Gasteiger partial charge in [0.25, 0.3) is 0 Å². The normalized spacial score (nSPS) is 18.5. The van der Waals surface area contributed by atoms with E-state index in [0.29, 0.717) is 19.0 Å². The minimum atomic E-state index is 0.151. The number of hydrogen-bond donors (Lipinski definition) is 1. The van der Waals surface area contributed by atoms with Crippen LogP contribution in [0.1, 0.15) is 36.2 Å². The molecule has 1 aliphatic rings. The molecule has 1 fully saturated rings. The van der Waals surface area contributed by atoms with Crippen molar-refractivity contribution in [3.8, 4) is 0 Å². The van der Waals surface area contributed by atoms with Gasteiger partial charge in [-0.2, -0.15) is 5.10 Å². The lowest BCUT2D eigenvalue weighted by Crippen LogP contribution is -2.37. The summed E-state index contributed by atoms with van der Waals surface area (Å²) in [4.78, 5) is 16.7. The van der Waals surface area contributed by atoms with Crippen molar-refractivity contribution in [1.29, 1.82) is 0 Å². The van der Waals surface area contributed by atoms with Crippen molar-refractivity contribution in [2.45, 2.75) is 52.6 Å². The number of nitrogens with zero attached hydrogens (tertiary/aromatic N) is 4. The summed E-state index contributed by atoms with van der Waals surface area (Å²) in [5.74, 6) is 0.151. The fraction of sp³-hybridized carbons (Fsp3) is 0.778. The molecule has 1 atom stereocenters. The molecule has 6 heteroatoms. The highest BCUT2D eigenvalue weighted by Crippen LogP contribution is 2.12. The topological polar surface area (TPSA) is 53.4 Å². The molecule has 0 unspecified atom stereocenters. The van der Waals surface area contributed by atoms with Gasteiger partial charge in [-0.15, -0.1) is 0 Å². The molecule has 1 aromatic rings. The van der Waals surface area contributed by atoms with Crippen LogP contribution in [0.2, 0.25) is 0 Å². The molecule has 0 radical (unpaired) electrons. The van der Waals surface area contributed by atoms with Crippen molar-refractivity contribution in [3.63, 3.8) is 0 Å². The number of likely N-dealkylation sites (N-methyl/N-ethyl adjacent to an activating group) is 2. The van der Waals surface area contributed by atoms with Gasteiger partial charge in [0, 0.05) is 44.3 Å². The highest BCUT2D eigenvalue weighted by atomic mass is 16.1. The van der Waals surface area contributed by atoms with E-state index in [2.05, 4.69) is 48.2 Å². The summed E-state index contributed by atoms with van der Waals surface area (Å²) < 4.78 is 2.04. The molecule has 1 aromatic heterocycles. The molecule has 136 valence electrons. The molecule has 1 aliphatic heterocycles. The van der Waals surface area contributed by atoms with E-state index in [4.69, 9.17) is 0 Å². The maximum atomic E-state index is 12.0. The van der Waals surface area contributed by atoms with Crippen molar-refractivity contribution in [1.82, 2.24) is 24.9 Å². The number of nitrogens with one attached hydrogen (secondary N) is 1. The van der Waals surface area contributed by atoms with Crippen LogP contribution in [0.3, 0.4) is 0 Å². The molecule has 1 saturated heterocycles. The van der Waals surface area contributed by atoms with Gasteiger partial charge in [0.05, 0.1) is 5.69 Å². The van der Waals surface area contributed by atoms with E-state index in [1.807, 2.05) is 11.6 Å². The standard InChI is InChI=1S/C18H33N5O/c1-14-15(2)20-23(16(14)3)10-6-9-19-18(24)8-12-22(5)17-7-11-21(4)13-17/h17H,6-13H2,1-5H3,(H,19,24)/t17-/m0/s1. The molecular weight excluding hydrogens is 302 g/mol. The van der Waals surface area contributed by atoms with E-state index in [9.17, 15) is 4.79 Å². The molecule has 0 bridgehead atoms. The molecule has 24 heavy (non-hydrogen) atoms. The first-order chi connectivity index (χ1) is 11.4. The van der Waals surface area contributed by atoms with Crippen LogP contribution in [-0.2, 0) is 11.3 Å². The van der Waals surface area contributed by atoms with E-state index < -0.39 is 0 Å². The van der Waals surface area contributed by atoms with E-state index in [-0.39, 0.29) is 5.91 Å². The lowest BCUT2D eigenvalue weighted by molar-refractivity contribution is -0.121. The Morgan fingerprint density at radius 1 is 1.38 bits per heavy atom. The van der Waals surface area contributed by atoms with Crippen molar-refractivity contribution in [2.75, 3.05) is 40.3 Å². The van der Waals surface area contributed by atoms with E-state index in [1.54, 1.807) is 0 Å². The minimum Gasteiger partial charge on any atom is -0.356 e. The molecule has 2 rings (SSSR count). The average Bonchev–Trinajstić information content (AvgIpc) is 3.09. The van der Waals surface area contributed by atoms with Crippen LogP contribution in [0.4, 0.5) is 0 Å². The lowest BCUT2D eigenvalue weighted by atomic mass is 10.2. The number of aryl methyl sites for hydroxylation is 2. The fourth-order valence-electron chi connectivity index (χ4n) is 3.28. The maximum Gasteiger partial charge on any atom is 0.221 e. The second kappa shape index (κ2) is 8.62. The van der Waals surface area contributed by atoms with Gasteiger partial charge >= 0.3 is 0 Å². The van der Waals surface area contributed by atoms with Gasteiger partial charge in [-0.1, -0.05) is 0 Å². The first kappa shape index (κ1) is 18.9. The summed E-state index contributed by atoms with van der Waals surface area (Å²) in [6.45, 7) is 10.9. The first-order valence-electron chi connectivity index (χ1n) is 9.04. The average molecular weight is 335 g/mol. The van der Waals surface area contributed by atoms with Gasteiger partial charge < -0.3 is 15.1 Å². The number of hydrogen-bond acceptors (Lipinski definition) is 4. The predicted molar refractivity (Wildman–Crippen MR) is 97.2 cm³/mol. The molecular formula is C18H33N5O. The lowest BCUT2D eigenvalue weighted by Gasteiger charge is -2.23. The first-order valence-corrected chi connectivity index (χ1v) is 9.04. The van der Waals surface area contributed by atoms with Gasteiger partial charge in [-0.25, -0.2) is 0 Å². The Kier molecular flexibility index (Phi) is 6.80. The van der Waals surface area contributed by atoms with Gasteiger partial charge in [0.1, 0.15) is 0 Å². The van der Waals surface area contributed by atoms with E-state index in [0.717, 1.165) is 38.3 Å². The molecule has 0 spiro atoms. The molecule has 1 N–H and O–H groups in total. The van der Waals surface area contributed by atoms with Gasteiger partial charge in [0.15, 0.2) is 0 Å². The second-order valence-corrected chi connectivity index (χ2v) is 7.16. The highest BCUT2D eigenvalue weighted by molar-refractivity contribution is 5.75. The number of likely N-dealkylation sites (tertiary alicyclic amines) is 1. The molecule has 2 heterocycles. The van der Waals surface area contributed by atoms with E-state index >= 15 is 0 Å². The monoisotopic (exact) mass is 335 g/mol. The number of carbonyl (C=O) groups excluding carboxylic acids is 1. The van der Waals surface area contributed by atoms with Crippen molar-refractivity contribution in [2.24, 2.45) is 0 Å². The maximum absolute atomic E-state index is 12.0. The van der Waals surface area contributed by atoms with Gasteiger partial charge in [0.2, 0.25) is 5.91 Å². The third-order valence-electron chi connectivity index (χ3n) is 5.29. The summed E-state index contributed by atoms with van der Waals surface area (Å²) in [5, 5.41) is 7.56. The number of aromatic nitrogens is 2. The molecule has 1 amide bonds. The molecule has 0 saturated carbocycles. The van der Waals surface area contributed by atoms with Gasteiger partial charge in [-0.3, -0.25) is 9.48 Å². The third kappa shape index (κ3) is 5.05. The summed E-state index contributed by atoms with van der Waals surface area (Å²) in [7, 11) is 4.28. The van der Waals surface area contributed by atoms with Crippen LogP contribution in [-0.4, -0.2) is 71.8 Å². The second-order valence-electron chi connectivity index (χ2n) is 7.16. The molecule has 6 nitrogen and oxygen atoms in total. The number of rotatable bonds is 8. The number of amides is 1. The Labute approximate surface area is 146 Å². The summed E-state index contributed by atoms with van der Waals surface area (Å²) in [6.07, 6.45) is 2.70. The molecule has 0 aliphatic carbocycles. The van der Waals surface area contributed by atoms with Crippen LogP contribution in [0, 0.1) is 20.8 Å². The SMILES string of the molecule is Cc1nn(CCCNC(=O)CCN(C)[C@H]2CCN(C)C2)c(C)c1C. The Morgan fingerprint density at radius 2 is 2.12 bits per heavy atom. The Balaban J connectivity index is 1.60. The quantitative estimate of drug-likeness (QED) is 0.729. The van der Waals surface area contributed by atoms with Crippen LogP contribution < -0.4 is 5.32 Å². The van der Waals surface area contributed by atoms with Crippen LogP contribution in [0.25, 0.3) is 0 Å². The molecule has 0 aromatic carbocycles. The van der Waals surface area contributed by atoms with Crippen molar-refractivity contribution < 1.29 is 4.79 Å². The highest BCUT2D eigenvalue weighted by Gasteiger charge is 2.23. The fourth-order valence-corrected chi connectivity index (χ4v) is 3.28. The Morgan fingerprint density at radius 3 is 2.71 bits per heavy atom. The zero-order chi connectivity index (χ0) is 17.7. The van der Waals surface area contributed by atoms with Crippen LogP contribution >= 0.6 is 0 Å². The Bertz CT molecular complexity index is 554. The predicted octanol–water partition coefficient (Wildman–Crippen LogP) is 1.34. The third-order valence-corrected chi connectivity index (χ3v) is 5.29. The Hall–Kier alpha value is -1.40. The van der Waals surface area contributed by atoms with Crippen molar-refractivity contribution in [3.05, 3.63) is 17.0 Å². The van der Waals surface area contributed by atoms with Crippen LogP contribution in [0.5, 0.6) is 0 Å². The van der Waals surface area contributed by atoms with Crippen molar-refractivity contribution >= 4 is 5.91 Å². The zero-order valence-corrected chi connectivity index (χ0v) is 15.9. The summed E-state index contributed by atoms with van der Waals surface area (Å²) in [6, 6.07) is 0.595. The summed E-state index contributed by atoms with van der Waals surface area (Å²) in [5.41, 5.74) is 3.58. The van der Waals surface area contributed by atoms with Crippen LogP contribution in [0.15, 0.2) is 0 Å². The summed E-state index contributed by atoms with van der Waals surface area (Å²) >= 11 is 0. The minimum absolute atomic E-state index is 0.151. The largest absolute Gasteiger partial charge is 0.356 e. The van der Waals surface area contributed by atoms with Gasteiger partial charge in [-0.05, 0) is 59.8 Å². The smallest absolute Gasteiger partial charge is 0.221 e.